The van der Waals surface area contributed by atoms with Crippen LogP contribution in [0.4, 0.5) is 0 Å². The van der Waals surface area contributed by atoms with Crippen molar-refractivity contribution < 1.29 is 4.42 Å². The normalized spacial score (nSPS) is 9.14. The van der Waals surface area contributed by atoms with Gasteiger partial charge in [0, 0.05) is 0 Å². The number of hydrogen-bond donors (Lipinski definition) is 2. The minimum Gasteiger partial charge on any atom is -0.410 e. The molecule has 1 rings (SSSR count). The van der Waals surface area contributed by atoms with Gasteiger partial charge in [0.15, 0.2) is 0 Å². The Balaban J connectivity index is 3.39. The average Bonchev–Trinajstić information content (AvgIpc) is 1.91. The molecular formula is C2H4N4O. The molecule has 0 amide bonds. The first-order valence-corrected chi connectivity index (χ1v) is 1.63. The summed E-state index contributed by atoms with van der Waals surface area (Å²) in [4.78, 5) is 0.833. The first-order chi connectivity index (χ1) is 3.30. The number of nitrogens with one attached hydrogen (secondary N) is 1. The van der Waals surface area contributed by atoms with Gasteiger partial charge in [-0.1, -0.05) is 0 Å². The first-order valence-electron chi connectivity index (χ1n) is 1.63. The van der Waals surface area contributed by atoms with Crippen LogP contribution in [0.15, 0.2) is 10.8 Å². The molecule has 0 saturated heterocycles. The highest BCUT2D eigenvalue weighted by atomic mass is 16.4. The summed E-state index contributed by atoms with van der Waals surface area (Å²) < 4.78 is 4.36. The maximum atomic E-state index is 6.71. The van der Waals surface area contributed by atoms with Gasteiger partial charge in [-0.2, -0.15) is 0 Å². The molecular weight excluding hydrogens is 96.0 g/mol. The fourth-order valence-electron chi connectivity index (χ4n) is 0.231. The number of nitrogen functional groups attached to an aromatic ring is 1. The number of hydrogen-bond acceptors (Lipinski definition) is 4. The second-order valence-corrected chi connectivity index (χ2v) is 0.988. The number of nitrogens with zero attached hydrogens (tertiary/aromatic N) is 2. The van der Waals surface area contributed by atoms with Gasteiger partial charge in [0.1, 0.15) is 0 Å². The molecule has 0 spiro atoms. The quantitative estimate of drug-likeness (QED) is 0.396. The highest BCUT2D eigenvalue weighted by Crippen LogP contribution is 1.58. The zero-order chi connectivity index (χ0) is 5.28. The molecule has 0 fully saturated rings. The lowest BCUT2D eigenvalue weighted by atomic mass is 11.3. The highest BCUT2D eigenvalue weighted by Gasteiger charge is 1.82. The zero-order valence-electron chi connectivity index (χ0n) is 3.46. The summed E-state index contributed by atoms with van der Waals surface area (Å²) in [7, 11) is 0. The number of rotatable bonds is 0. The van der Waals surface area contributed by atoms with Crippen molar-refractivity contribution in [3.63, 3.8) is 0 Å². The summed E-state index contributed by atoms with van der Waals surface area (Å²) in [5, 5.41) is 10.1. The minimum absolute atomic E-state index is 0.153. The van der Waals surface area contributed by atoms with E-state index in [2.05, 4.69) is 9.52 Å². The van der Waals surface area contributed by atoms with Crippen LogP contribution in [0.25, 0.3) is 0 Å². The maximum absolute atomic E-state index is 6.71. The van der Waals surface area contributed by atoms with E-state index in [-0.39, 0.29) is 5.68 Å². The third kappa shape index (κ3) is 0.466. The third-order valence-electron chi connectivity index (χ3n) is 0.544. The van der Waals surface area contributed by atoms with E-state index >= 15 is 0 Å². The molecule has 0 radical (unpaired) electrons. The molecule has 5 heteroatoms. The Hall–Kier alpha value is -1.26. The molecule has 0 bridgehead atoms. The lowest BCUT2D eigenvalue weighted by Crippen LogP contribution is -2.23. The summed E-state index contributed by atoms with van der Waals surface area (Å²) in [5.41, 5.74) is -0.153. The summed E-state index contributed by atoms with van der Waals surface area (Å²) in [6.07, 6.45) is 1.10. The predicted octanol–water partition coefficient (Wildman–Crippen LogP) is -1.33. The van der Waals surface area contributed by atoms with Crippen LogP contribution in [0.3, 0.4) is 0 Å². The van der Waals surface area contributed by atoms with Crippen LogP contribution in [0, 0.1) is 5.41 Å². The van der Waals surface area contributed by atoms with Gasteiger partial charge in [-0.25, -0.2) is 5.41 Å². The molecule has 0 aliphatic rings. The van der Waals surface area contributed by atoms with Crippen LogP contribution >= 0.6 is 0 Å². The Labute approximate surface area is 38.8 Å². The molecule has 0 atom stereocenters. The van der Waals surface area contributed by atoms with Gasteiger partial charge < -0.3 is 10.3 Å². The van der Waals surface area contributed by atoms with Crippen LogP contribution in [0.2, 0.25) is 0 Å². The maximum Gasteiger partial charge on any atom is 0.332 e. The SMILES string of the molecule is N=c1ocnn1N. The first kappa shape index (κ1) is 3.91. The van der Waals surface area contributed by atoms with Crippen molar-refractivity contribution in [3.8, 4) is 0 Å². The Bertz CT molecular complexity index is 197. The molecule has 0 aromatic carbocycles. The number of aromatic nitrogens is 2. The van der Waals surface area contributed by atoms with Crippen LogP contribution in [-0.2, 0) is 0 Å². The van der Waals surface area contributed by atoms with Gasteiger partial charge in [0.2, 0.25) is 6.39 Å². The Morgan fingerprint density at radius 3 is 2.86 bits per heavy atom. The smallest absolute Gasteiger partial charge is 0.332 e. The Kier molecular flexibility index (Phi) is 0.619. The second-order valence-electron chi connectivity index (χ2n) is 0.988. The van der Waals surface area contributed by atoms with Gasteiger partial charge in [-0.3, -0.25) is 0 Å². The summed E-state index contributed by atoms with van der Waals surface area (Å²) in [6.45, 7) is 0. The van der Waals surface area contributed by atoms with E-state index in [1.807, 2.05) is 0 Å². The summed E-state index contributed by atoms with van der Waals surface area (Å²) >= 11 is 0. The molecule has 1 aromatic rings. The fourth-order valence-corrected chi connectivity index (χ4v) is 0.231. The third-order valence-corrected chi connectivity index (χ3v) is 0.544. The molecule has 0 saturated carbocycles. The van der Waals surface area contributed by atoms with Gasteiger partial charge >= 0.3 is 5.68 Å². The molecule has 38 valence electrons. The molecule has 0 aliphatic heterocycles. The zero-order valence-corrected chi connectivity index (χ0v) is 3.46. The minimum atomic E-state index is -0.153. The van der Waals surface area contributed by atoms with Crippen molar-refractivity contribution in [2.75, 3.05) is 5.84 Å². The van der Waals surface area contributed by atoms with Crippen molar-refractivity contribution in [3.05, 3.63) is 12.1 Å². The fraction of sp³-hybridized carbons (Fsp3) is 0. The molecule has 1 heterocycles. The van der Waals surface area contributed by atoms with Crippen LogP contribution in [0.5, 0.6) is 0 Å². The lowest BCUT2D eigenvalue weighted by molar-refractivity contribution is 0.472. The van der Waals surface area contributed by atoms with E-state index in [1.165, 1.54) is 0 Å². The monoisotopic (exact) mass is 100 g/mol. The van der Waals surface area contributed by atoms with Gasteiger partial charge in [0.05, 0.1) is 0 Å². The van der Waals surface area contributed by atoms with Crippen LogP contribution < -0.4 is 11.5 Å². The van der Waals surface area contributed by atoms with Gasteiger partial charge in [0.25, 0.3) is 0 Å². The topological polar surface area (TPSA) is 80.8 Å². The molecule has 1 aromatic heterocycles. The van der Waals surface area contributed by atoms with E-state index in [9.17, 15) is 0 Å². The predicted molar refractivity (Wildman–Crippen MR) is 20.5 cm³/mol. The molecule has 0 unspecified atom stereocenters. The van der Waals surface area contributed by atoms with Gasteiger partial charge in [-0.05, 0) is 0 Å². The van der Waals surface area contributed by atoms with Crippen molar-refractivity contribution in [2.24, 2.45) is 0 Å². The Morgan fingerprint density at radius 1 is 2.00 bits per heavy atom. The van der Waals surface area contributed by atoms with E-state index in [0.717, 1.165) is 11.2 Å². The van der Waals surface area contributed by atoms with E-state index in [4.69, 9.17) is 11.3 Å². The van der Waals surface area contributed by atoms with E-state index < -0.39 is 0 Å². The summed E-state index contributed by atoms with van der Waals surface area (Å²) in [5.74, 6) is 4.96. The van der Waals surface area contributed by atoms with E-state index in [1.54, 1.807) is 0 Å². The van der Waals surface area contributed by atoms with E-state index in [0.29, 0.717) is 0 Å². The van der Waals surface area contributed by atoms with Crippen molar-refractivity contribution >= 4 is 0 Å². The average molecular weight is 100 g/mol. The molecule has 3 N–H and O–H groups in total. The van der Waals surface area contributed by atoms with Crippen LogP contribution in [-0.4, -0.2) is 9.89 Å². The largest absolute Gasteiger partial charge is 0.410 e. The molecule has 5 nitrogen and oxygen atoms in total. The van der Waals surface area contributed by atoms with Crippen molar-refractivity contribution in [1.82, 2.24) is 9.89 Å². The van der Waals surface area contributed by atoms with Crippen molar-refractivity contribution in [2.45, 2.75) is 0 Å². The van der Waals surface area contributed by atoms with Gasteiger partial charge in [-0.15, -0.1) is 9.89 Å². The highest BCUT2D eigenvalue weighted by molar-refractivity contribution is 4.40. The standard InChI is InChI=1S/C2H4N4O/c3-2-6(4)5-1-7-2/h1,3H,4H2. The van der Waals surface area contributed by atoms with Crippen LogP contribution in [0.1, 0.15) is 0 Å². The Morgan fingerprint density at radius 2 is 2.71 bits per heavy atom. The van der Waals surface area contributed by atoms with Crippen molar-refractivity contribution in [1.29, 1.82) is 5.41 Å². The lowest BCUT2D eigenvalue weighted by Gasteiger charge is -1.76. The number of nitrogens with two attached hydrogens (primary N) is 1. The molecule has 0 aliphatic carbocycles. The second kappa shape index (κ2) is 1.11. The molecule has 7 heavy (non-hydrogen) atoms. The summed E-state index contributed by atoms with van der Waals surface area (Å²) in [6, 6.07) is 0.